The van der Waals surface area contributed by atoms with Crippen LogP contribution < -0.4 is 4.74 Å². The lowest BCUT2D eigenvalue weighted by Crippen LogP contribution is -2.61. The van der Waals surface area contributed by atoms with Gasteiger partial charge in [-0.3, -0.25) is 4.79 Å². The highest BCUT2D eigenvalue weighted by atomic mass is 16.6. The average Bonchev–Trinajstić information content (AvgIpc) is 3.03. The zero-order valence-corrected chi connectivity index (χ0v) is 13.1. The molecule has 0 fully saturated rings. The Balaban J connectivity index is 2.29. The van der Waals surface area contributed by atoms with E-state index in [4.69, 9.17) is 4.74 Å². The number of aromatic nitrogens is 3. The highest BCUT2D eigenvalue weighted by molar-refractivity contribution is 5.92. The molecule has 1 aliphatic heterocycles. The van der Waals surface area contributed by atoms with Crippen LogP contribution in [0.3, 0.4) is 0 Å². The third-order valence-electron chi connectivity index (χ3n) is 4.06. The largest absolute Gasteiger partial charge is 0.455 e. The fourth-order valence-electron chi connectivity index (χ4n) is 2.92. The molecule has 0 saturated heterocycles. The van der Waals surface area contributed by atoms with Gasteiger partial charge in [-0.2, -0.15) is 5.10 Å². The molecular formula is C16H19N3O3. The molecule has 2 heterocycles. The molecule has 1 aliphatic rings. The van der Waals surface area contributed by atoms with Gasteiger partial charge in [-0.05, 0) is 13.0 Å². The quantitative estimate of drug-likeness (QED) is 0.916. The van der Waals surface area contributed by atoms with Gasteiger partial charge in [0, 0.05) is 11.0 Å². The molecule has 3 rings (SSSR count). The van der Waals surface area contributed by atoms with Crippen LogP contribution in [0.15, 0.2) is 36.9 Å². The summed E-state index contributed by atoms with van der Waals surface area (Å²) in [5.74, 6) is 0.201. The van der Waals surface area contributed by atoms with Gasteiger partial charge in [-0.15, -0.1) is 0 Å². The van der Waals surface area contributed by atoms with Crippen LogP contribution in [0.2, 0.25) is 0 Å². The lowest BCUT2D eigenvalue weighted by atomic mass is 9.75. The van der Waals surface area contributed by atoms with Crippen molar-refractivity contribution in [2.24, 2.45) is 5.41 Å². The second-order valence-electron chi connectivity index (χ2n) is 6.73. The third-order valence-corrected chi connectivity index (χ3v) is 4.06. The van der Waals surface area contributed by atoms with Gasteiger partial charge >= 0.3 is 0 Å². The van der Waals surface area contributed by atoms with Crippen LogP contribution in [0.4, 0.5) is 0 Å². The van der Waals surface area contributed by atoms with E-state index in [0.717, 1.165) is 0 Å². The summed E-state index contributed by atoms with van der Waals surface area (Å²) in [7, 11) is 0. The van der Waals surface area contributed by atoms with Gasteiger partial charge in [0.25, 0.3) is 5.72 Å². The number of ether oxygens (including phenoxy) is 1. The summed E-state index contributed by atoms with van der Waals surface area (Å²) in [6.07, 6.45) is 2.71. The van der Waals surface area contributed by atoms with E-state index in [1.54, 1.807) is 52.0 Å². The second-order valence-corrected chi connectivity index (χ2v) is 6.73. The summed E-state index contributed by atoms with van der Waals surface area (Å²) in [5, 5.41) is 15.3. The topological polar surface area (TPSA) is 77.2 Å². The fraction of sp³-hybridized carbons (Fsp3) is 0.438. The normalized spacial score (nSPS) is 27.3. The van der Waals surface area contributed by atoms with Crippen molar-refractivity contribution in [3.63, 3.8) is 0 Å². The Labute approximate surface area is 128 Å². The molecule has 0 saturated carbocycles. The minimum atomic E-state index is -1.68. The fourth-order valence-corrected chi connectivity index (χ4v) is 2.92. The lowest BCUT2D eigenvalue weighted by molar-refractivity contribution is -0.189. The highest BCUT2D eigenvalue weighted by Crippen LogP contribution is 2.52. The number of hydrogen-bond donors (Lipinski definition) is 1. The van der Waals surface area contributed by atoms with Crippen LogP contribution in [0.25, 0.3) is 0 Å². The number of nitrogens with zero attached hydrogens (tertiary/aromatic N) is 3. The van der Waals surface area contributed by atoms with Crippen molar-refractivity contribution >= 4 is 5.78 Å². The molecule has 0 bridgehead atoms. The molecule has 0 spiro atoms. The van der Waals surface area contributed by atoms with Gasteiger partial charge in [0.2, 0.25) is 5.78 Å². The number of hydrogen-bond acceptors (Lipinski definition) is 5. The molecule has 0 amide bonds. The van der Waals surface area contributed by atoms with E-state index in [0.29, 0.717) is 11.3 Å². The average molecular weight is 301 g/mol. The Bertz CT molecular complexity index is 716. The minimum Gasteiger partial charge on any atom is -0.455 e. The molecular weight excluding hydrogens is 282 g/mol. The monoisotopic (exact) mass is 301 g/mol. The van der Waals surface area contributed by atoms with Crippen LogP contribution in [0.1, 0.15) is 33.3 Å². The van der Waals surface area contributed by atoms with Crippen molar-refractivity contribution < 1.29 is 14.6 Å². The minimum absolute atomic E-state index is 0.272. The Hall–Kier alpha value is -2.21. The molecule has 2 atom stereocenters. The zero-order valence-electron chi connectivity index (χ0n) is 13.1. The molecule has 1 aromatic heterocycles. The van der Waals surface area contributed by atoms with E-state index in [-0.39, 0.29) is 5.78 Å². The molecule has 6 nitrogen and oxygen atoms in total. The maximum atomic E-state index is 13.2. The SMILES string of the molecule is CC(C)(C)C(=O)[C@@]1(n2cncn2)Oc2ccccc2[C@]1(C)O. The van der Waals surface area contributed by atoms with Crippen LogP contribution in [-0.4, -0.2) is 25.7 Å². The van der Waals surface area contributed by atoms with Crippen molar-refractivity contribution in [2.45, 2.75) is 39.0 Å². The number of fused-ring (bicyclic) bond motifs is 1. The van der Waals surface area contributed by atoms with Crippen LogP contribution >= 0.6 is 0 Å². The first-order chi connectivity index (χ1) is 10.2. The summed E-state index contributed by atoms with van der Waals surface area (Å²) in [4.78, 5) is 17.1. The summed E-state index contributed by atoms with van der Waals surface area (Å²) in [6, 6.07) is 7.09. The second kappa shape index (κ2) is 4.39. The predicted octanol–water partition coefficient (Wildman–Crippen LogP) is 1.85. The van der Waals surface area contributed by atoms with Gasteiger partial charge in [0.05, 0.1) is 0 Å². The van der Waals surface area contributed by atoms with E-state index in [9.17, 15) is 9.90 Å². The summed E-state index contributed by atoms with van der Waals surface area (Å²) in [5.41, 5.74) is -3.42. The van der Waals surface area contributed by atoms with E-state index >= 15 is 0 Å². The summed E-state index contributed by atoms with van der Waals surface area (Å²) >= 11 is 0. The number of carbonyl (C=O) groups excluding carboxylic acids is 1. The van der Waals surface area contributed by atoms with Crippen molar-refractivity contribution in [1.82, 2.24) is 14.8 Å². The van der Waals surface area contributed by atoms with Gasteiger partial charge in [-0.1, -0.05) is 39.0 Å². The number of Topliss-reactive ketones (excluding diaryl/α,β-unsaturated/α-hetero) is 1. The number of para-hydroxylation sites is 1. The van der Waals surface area contributed by atoms with Gasteiger partial charge in [-0.25, -0.2) is 9.67 Å². The van der Waals surface area contributed by atoms with E-state index in [1.165, 1.54) is 17.3 Å². The zero-order chi connectivity index (χ0) is 16.2. The molecule has 0 aliphatic carbocycles. The molecule has 1 aromatic carbocycles. The number of aliphatic hydroxyl groups is 1. The molecule has 6 heteroatoms. The molecule has 0 unspecified atom stereocenters. The first-order valence-electron chi connectivity index (χ1n) is 7.12. The van der Waals surface area contributed by atoms with E-state index < -0.39 is 16.7 Å². The van der Waals surface area contributed by atoms with Crippen LogP contribution in [0, 0.1) is 5.41 Å². The van der Waals surface area contributed by atoms with Crippen molar-refractivity contribution in [2.75, 3.05) is 0 Å². The standard InChI is InChI=1S/C16H19N3O3/c1-14(2,3)13(20)16(19-10-17-9-18-19)15(4,21)11-7-5-6-8-12(11)22-16/h5-10,21H,1-4H3/t15-,16+/m0/s1. The Morgan fingerprint density at radius 2 is 2.00 bits per heavy atom. The molecule has 116 valence electrons. The number of carbonyl (C=O) groups is 1. The molecule has 0 radical (unpaired) electrons. The van der Waals surface area contributed by atoms with Crippen molar-refractivity contribution in [1.29, 1.82) is 0 Å². The number of ketones is 1. The van der Waals surface area contributed by atoms with Crippen LogP contribution in [0.5, 0.6) is 5.75 Å². The molecule has 22 heavy (non-hydrogen) atoms. The Kier molecular flexibility index (Phi) is 2.94. The van der Waals surface area contributed by atoms with Crippen molar-refractivity contribution in [3.05, 3.63) is 42.5 Å². The maximum Gasteiger partial charge on any atom is 0.295 e. The van der Waals surface area contributed by atoms with Crippen molar-refractivity contribution in [3.8, 4) is 5.75 Å². The Morgan fingerprint density at radius 1 is 1.32 bits per heavy atom. The first-order valence-corrected chi connectivity index (χ1v) is 7.12. The summed E-state index contributed by atoms with van der Waals surface area (Å²) in [6.45, 7) is 6.94. The lowest BCUT2D eigenvalue weighted by Gasteiger charge is -2.40. The maximum absolute atomic E-state index is 13.2. The van der Waals surface area contributed by atoms with E-state index in [2.05, 4.69) is 10.1 Å². The van der Waals surface area contributed by atoms with Gasteiger partial charge < -0.3 is 9.84 Å². The summed E-state index contributed by atoms with van der Waals surface area (Å²) < 4.78 is 7.31. The first kappa shape index (κ1) is 14.7. The van der Waals surface area contributed by atoms with Gasteiger partial charge in [0.15, 0.2) is 5.60 Å². The van der Waals surface area contributed by atoms with Gasteiger partial charge in [0.1, 0.15) is 18.4 Å². The predicted molar refractivity (Wildman–Crippen MR) is 79.1 cm³/mol. The third kappa shape index (κ3) is 1.73. The van der Waals surface area contributed by atoms with Crippen LogP contribution in [-0.2, 0) is 16.1 Å². The highest BCUT2D eigenvalue weighted by Gasteiger charge is 2.65. The Morgan fingerprint density at radius 3 is 2.55 bits per heavy atom. The van der Waals surface area contributed by atoms with E-state index in [1.807, 2.05) is 0 Å². The molecule has 2 aromatic rings. The number of rotatable bonds is 2. The number of benzene rings is 1. The smallest absolute Gasteiger partial charge is 0.295 e. The molecule has 1 N–H and O–H groups in total.